The van der Waals surface area contributed by atoms with Crippen LogP contribution in [0.25, 0.3) is 0 Å². The molecule has 1 aromatic carbocycles. The van der Waals surface area contributed by atoms with Crippen LogP contribution in [0.2, 0.25) is 0 Å². The highest BCUT2D eigenvalue weighted by atomic mass is 32.2. The van der Waals surface area contributed by atoms with Gasteiger partial charge in [0, 0.05) is 39.0 Å². The molecule has 8 heteroatoms. The molecule has 2 rings (SSSR count). The predicted octanol–water partition coefficient (Wildman–Crippen LogP) is 2.03. The molecule has 0 aromatic heterocycles. The maximum Gasteiger partial charge on any atom is 0.303 e. The van der Waals surface area contributed by atoms with E-state index in [1.54, 1.807) is 31.0 Å². The molecule has 1 aliphatic heterocycles. The first-order valence-corrected chi connectivity index (χ1v) is 10.6. The van der Waals surface area contributed by atoms with Crippen molar-refractivity contribution in [2.45, 2.75) is 44.4 Å². The van der Waals surface area contributed by atoms with Crippen LogP contribution in [-0.4, -0.2) is 61.3 Å². The fourth-order valence-corrected chi connectivity index (χ4v) is 5.14. The van der Waals surface area contributed by atoms with E-state index in [9.17, 15) is 18.0 Å². The van der Waals surface area contributed by atoms with Gasteiger partial charge in [0.2, 0.25) is 15.9 Å². The maximum absolute atomic E-state index is 12.9. The molecule has 0 unspecified atom stereocenters. The molecule has 1 heterocycles. The Hall–Kier alpha value is -1.93. The lowest BCUT2D eigenvalue weighted by atomic mass is 9.96. The van der Waals surface area contributed by atoms with Gasteiger partial charge in [0.15, 0.2) is 0 Å². The summed E-state index contributed by atoms with van der Waals surface area (Å²) in [6.07, 6.45) is 1.40. The Bertz CT molecular complexity index is 798. The summed E-state index contributed by atoms with van der Waals surface area (Å²) in [5.41, 5.74) is 1.74. The summed E-state index contributed by atoms with van der Waals surface area (Å²) >= 11 is 0. The van der Waals surface area contributed by atoms with Gasteiger partial charge in [0.25, 0.3) is 0 Å². The van der Waals surface area contributed by atoms with E-state index in [1.807, 2.05) is 13.0 Å². The first kappa shape index (κ1) is 21.4. The van der Waals surface area contributed by atoms with Crippen LogP contribution in [-0.2, 0) is 19.6 Å². The Morgan fingerprint density at radius 2 is 1.85 bits per heavy atom. The number of nitrogens with zero attached hydrogens (tertiary/aromatic N) is 2. The number of hydrogen-bond acceptors (Lipinski definition) is 4. The van der Waals surface area contributed by atoms with Crippen molar-refractivity contribution < 1.29 is 23.1 Å². The quantitative estimate of drug-likeness (QED) is 0.761. The molecule has 1 aliphatic rings. The highest BCUT2D eigenvalue weighted by Crippen LogP contribution is 2.27. The Balaban J connectivity index is 1.96. The first-order chi connectivity index (χ1) is 12.6. The van der Waals surface area contributed by atoms with Gasteiger partial charge in [0.05, 0.1) is 4.90 Å². The number of aliphatic carboxylic acids is 1. The molecule has 7 nitrogen and oxygen atoms in total. The van der Waals surface area contributed by atoms with Crippen LogP contribution in [0.1, 0.15) is 36.8 Å². The molecular formula is C19H28N2O5S. The number of piperidine rings is 1. The van der Waals surface area contributed by atoms with Crippen molar-refractivity contribution in [3.05, 3.63) is 29.3 Å². The van der Waals surface area contributed by atoms with E-state index in [0.717, 1.165) is 11.1 Å². The second-order valence-corrected chi connectivity index (χ2v) is 9.11. The van der Waals surface area contributed by atoms with E-state index in [2.05, 4.69) is 0 Å². The molecule has 0 bridgehead atoms. The lowest BCUT2D eigenvalue weighted by Crippen LogP contribution is -2.43. The number of carbonyl (C=O) groups is 2. The van der Waals surface area contributed by atoms with E-state index >= 15 is 0 Å². The summed E-state index contributed by atoms with van der Waals surface area (Å²) in [5, 5.41) is 8.68. The van der Waals surface area contributed by atoms with E-state index in [-0.39, 0.29) is 18.2 Å². The number of amides is 1. The minimum absolute atomic E-state index is 0.0320. The fourth-order valence-electron chi connectivity index (χ4n) is 3.46. The molecule has 0 radical (unpaired) electrons. The molecule has 1 amide bonds. The van der Waals surface area contributed by atoms with Crippen molar-refractivity contribution in [1.82, 2.24) is 9.21 Å². The predicted molar refractivity (Wildman–Crippen MR) is 102 cm³/mol. The van der Waals surface area contributed by atoms with Gasteiger partial charge in [0.1, 0.15) is 0 Å². The fraction of sp³-hybridized carbons (Fsp3) is 0.579. The van der Waals surface area contributed by atoms with Crippen molar-refractivity contribution in [3.8, 4) is 0 Å². The van der Waals surface area contributed by atoms with E-state index in [4.69, 9.17) is 5.11 Å². The van der Waals surface area contributed by atoms with Crippen LogP contribution in [0.5, 0.6) is 0 Å². The minimum Gasteiger partial charge on any atom is -0.481 e. The van der Waals surface area contributed by atoms with Crippen molar-refractivity contribution in [2.75, 3.05) is 26.7 Å². The van der Waals surface area contributed by atoms with Crippen molar-refractivity contribution >= 4 is 21.9 Å². The molecule has 0 aliphatic carbocycles. The van der Waals surface area contributed by atoms with Crippen LogP contribution in [0.3, 0.4) is 0 Å². The summed E-state index contributed by atoms with van der Waals surface area (Å²) in [6.45, 7) is 4.74. The van der Waals surface area contributed by atoms with Crippen LogP contribution in [0.4, 0.5) is 0 Å². The smallest absolute Gasteiger partial charge is 0.303 e. The summed E-state index contributed by atoms with van der Waals surface area (Å²) in [5.74, 6) is -1.13. The van der Waals surface area contributed by atoms with Gasteiger partial charge in [-0.1, -0.05) is 17.7 Å². The highest BCUT2D eigenvalue weighted by molar-refractivity contribution is 7.89. The van der Waals surface area contributed by atoms with Crippen molar-refractivity contribution in [2.24, 2.45) is 5.92 Å². The second kappa shape index (κ2) is 8.84. The topological polar surface area (TPSA) is 95.0 Å². The number of carbonyl (C=O) groups excluding carboxylic acids is 1. The lowest BCUT2D eigenvalue weighted by molar-refractivity contribution is -0.139. The molecule has 1 aromatic rings. The third-order valence-electron chi connectivity index (χ3n) is 5.01. The number of rotatable bonds is 7. The molecule has 1 N–H and O–H groups in total. The first-order valence-electron chi connectivity index (χ1n) is 9.17. The Morgan fingerprint density at radius 3 is 2.41 bits per heavy atom. The van der Waals surface area contributed by atoms with Gasteiger partial charge < -0.3 is 10.0 Å². The monoisotopic (exact) mass is 396 g/mol. The SMILES string of the molecule is Cc1ccc(S(=O)(=O)N2CCC(C(=O)N(C)CCCC(=O)O)CC2)c(C)c1. The van der Waals surface area contributed by atoms with Gasteiger partial charge in [-0.05, 0) is 44.7 Å². The molecule has 0 spiro atoms. The van der Waals surface area contributed by atoms with E-state index in [1.165, 1.54) is 4.31 Å². The lowest BCUT2D eigenvalue weighted by Gasteiger charge is -2.32. The molecular weight excluding hydrogens is 368 g/mol. The Labute approximate surface area is 161 Å². The molecule has 0 atom stereocenters. The van der Waals surface area contributed by atoms with Crippen LogP contribution < -0.4 is 0 Å². The summed E-state index contributed by atoms with van der Waals surface area (Å²) in [6, 6.07) is 5.30. The third kappa shape index (κ3) is 5.29. The van der Waals surface area contributed by atoms with Crippen LogP contribution in [0.15, 0.2) is 23.1 Å². The molecule has 0 saturated carbocycles. The van der Waals surface area contributed by atoms with Gasteiger partial charge in [-0.2, -0.15) is 4.31 Å². The number of benzene rings is 1. The second-order valence-electron chi connectivity index (χ2n) is 7.20. The van der Waals surface area contributed by atoms with E-state index in [0.29, 0.717) is 43.8 Å². The van der Waals surface area contributed by atoms with Crippen molar-refractivity contribution in [3.63, 3.8) is 0 Å². The molecule has 150 valence electrons. The maximum atomic E-state index is 12.9. The standard InChI is InChI=1S/C19H28N2O5S/c1-14-6-7-17(15(2)13-14)27(25,26)21-11-8-16(9-12-21)19(24)20(3)10-4-5-18(22)23/h6-7,13,16H,4-5,8-12H2,1-3H3,(H,22,23). The number of sulfonamides is 1. The average Bonchev–Trinajstić information content (AvgIpc) is 2.60. The van der Waals surface area contributed by atoms with Crippen LogP contribution >= 0.6 is 0 Å². The minimum atomic E-state index is -3.56. The number of hydrogen-bond donors (Lipinski definition) is 1. The van der Waals surface area contributed by atoms with Crippen molar-refractivity contribution in [1.29, 1.82) is 0 Å². The zero-order valence-corrected chi connectivity index (χ0v) is 17.0. The van der Waals surface area contributed by atoms with Gasteiger partial charge in [-0.3, -0.25) is 9.59 Å². The van der Waals surface area contributed by atoms with Crippen LogP contribution in [0, 0.1) is 19.8 Å². The largest absolute Gasteiger partial charge is 0.481 e. The molecule has 1 fully saturated rings. The summed E-state index contributed by atoms with van der Waals surface area (Å²) in [7, 11) is -1.89. The average molecular weight is 397 g/mol. The van der Waals surface area contributed by atoms with Gasteiger partial charge in [-0.15, -0.1) is 0 Å². The summed E-state index contributed by atoms with van der Waals surface area (Å²) < 4.78 is 27.3. The Kier molecular flexibility index (Phi) is 7.00. The highest BCUT2D eigenvalue weighted by Gasteiger charge is 2.33. The number of carboxylic acid groups (broad SMARTS) is 1. The zero-order chi connectivity index (χ0) is 20.2. The summed E-state index contributed by atoms with van der Waals surface area (Å²) in [4.78, 5) is 25.0. The normalized spacial score (nSPS) is 16.3. The molecule has 1 saturated heterocycles. The van der Waals surface area contributed by atoms with E-state index < -0.39 is 16.0 Å². The van der Waals surface area contributed by atoms with Gasteiger partial charge in [-0.25, -0.2) is 8.42 Å². The third-order valence-corrected chi connectivity index (χ3v) is 7.07. The number of aryl methyl sites for hydroxylation is 2. The van der Waals surface area contributed by atoms with Gasteiger partial charge >= 0.3 is 5.97 Å². The Morgan fingerprint density at radius 1 is 1.22 bits per heavy atom. The number of carboxylic acids is 1. The molecule has 27 heavy (non-hydrogen) atoms. The zero-order valence-electron chi connectivity index (χ0n) is 16.1.